The van der Waals surface area contributed by atoms with Gasteiger partial charge in [-0.2, -0.15) is 8.78 Å². The van der Waals surface area contributed by atoms with Gasteiger partial charge in [-0.25, -0.2) is 0 Å². The summed E-state index contributed by atoms with van der Waals surface area (Å²) in [6.45, 7) is 1.04. The predicted octanol–water partition coefficient (Wildman–Crippen LogP) is 3.61. The molecule has 0 spiro atoms. The summed E-state index contributed by atoms with van der Waals surface area (Å²) in [6, 6.07) is 3.04. The van der Waals surface area contributed by atoms with E-state index in [4.69, 9.17) is 0 Å². The largest absolute Gasteiger partial charge is 0.507 e. The van der Waals surface area contributed by atoms with Crippen LogP contribution in [0.3, 0.4) is 0 Å². The predicted molar refractivity (Wildman–Crippen MR) is 104 cm³/mol. The summed E-state index contributed by atoms with van der Waals surface area (Å²) in [5.74, 6) is 1.74. The molecule has 0 radical (unpaired) electrons. The van der Waals surface area contributed by atoms with E-state index in [-0.39, 0.29) is 17.1 Å². The van der Waals surface area contributed by atoms with Crippen LogP contribution in [0.15, 0.2) is 30.0 Å². The van der Waals surface area contributed by atoms with E-state index in [1.807, 2.05) is 12.2 Å². The first-order chi connectivity index (χ1) is 13.4. The summed E-state index contributed by atoms with van der Waals surface area (Å²) in [4.78, 5) is 2.40. The Bertz CT molecular complexity index is 809. The van der Waals surface area contributed by atoms with Gasteiger partial charge in [-0.05, 0) is 81.5 Å². The summed E-state index contributed by atoms with van der Waals surface area (Å²) in [5.41, 5.74) is 8.84. The number of aryl methyl sites for hydroxylation is 1. The Morgan fingerprint density at radius 1 is 1.18 bits per heavy atom. The van der Waals surface area contributed by atoms with Crippen molar-refractivity contribution in [3.63, 3.8) is 0 Å². The molecule has 0 aromatic heterocycles. The van der Waals surface area contributed by atoms with E-state index in [9.17, 15) is 13.9 Å². The number of hydrazine groups is 1. The maximum Gasteiger partial charge on any atom is 0.387 e. The van der Waals surface area contributed by atoms with Gasteiger partial charge in [-0.15, -0.1) is 0 Å². The van der Waals surface area contributed by atoms with Gasteiger partial charge in [0.2, 0.25) is 0 Å². The monoisotopic (exact) mass is 391 g/mol. The summed E-state index contributed by atoms with van der Waals surface area (Å²) < 4.78 is 30.3. The number of phenols is 1. The van der Waals surface area contributed by atoms with Gasteiger partial charge in [0, 0.05) is 18.2 Å². The first kappa shape index (κ1) is 19.1. The fourth-order valence-corrected chi connectivity index (χ4v) is 4.96. The van der Waals surface area contributed by atoms with E-state index in [2.05, 4.69) is 27.5 Å². The number of halogens is 2. The van der Waals surface area contributed by atoms with Gasteiger partial charge < -0.3 is 25.6 Å². The molecule has 5 nitrogen and oxygen atoms in total. The van der Waals surface area contributed by atoms with E-state index in [0.717, 1.165) is 24.6 Å². The minimum Gasteiger partial charge on any atom is -0.507 e. The third-order valence-corrected chi connectivity index (χ3v) is 6.26. The molecule has 2 aliphatic heterocycles. The van der Waals surface area contributed by atoms with Gasteiger partial charge in [-0.3, -0.25) is 0 Å². The highest BCUT2D eigenvalue weighted by atomic mass is 19.3. The number of alkyl halides is 2. The highest BCUT2D eigenvalue weighted by molar-refractivity contribution is 5.76. The molecule has 1 saturated carbocycles. The molecule has 2 fully saturated rings. The molecule has 1 unspecified atom stereocenters. The molecule has 1 aromatic carbocycles. The van der Waals surface area contributed by atoms with Gasteiger partial charge in [0.1, 0.15) is 11.5 Å². The average Bonchev–Trinajstić information content (AvgIpc) is 3.04. The fraction of sp³-hybridized carbons (Fsp3) is 0.524. The fourth-order valence-electron chi connectivity index (χ4n) is 4.96. The zero-order chi connectivity index (χ0) is 19.8. The smallest absolute Gasteiger partial charge is 0.387 e. The zero-order valence-corrected chi connectivity index (χ0v) is 16.2. The van der Waals surface area contributed by atoms with Crippen LogP contribution in [-0.2, 0) is 0 Å². The number of hydrogen-bond donors (Lipinski definition) is 3. The minimum atomic E-state index is -2.96. The average molecular weight is 391 g/mol. The van der Waals surface area contributed by atoms with Crippen molar-refractivity contribution < 1.29 is 18.6 Å². The van der Waals surface area contributed by atoms with Gasteiger partial charge in [0.05, 0.1) is 11.3 Å². The highest BCUT2D eigenvalue weighted by Crippen LogP contribution is 2.45. The second kappa shape index (κ2) is 7.62. The maximum atomic E-state index is 12.8. The van der Waals surface area contributed by atoms with Crippen molar-refractivity contribution in [2.24, 2.45) is 17.8 Å². The lowest BCUT2D eigenvalue weighted by molar-refractivity contribution is -0.0501. The first-order valence-electron chi connectivity index (χ1n) is 9.83. The number of rotatable bonds is 4. The normalized spacial score (nSPS) is 27.5. The van der Waals surface area contributed by atoms with E-state index in [0.29, 0.717) is 23.1 Å². The second-order valence-electron chi connectivity index (χ2n) is 8.15. The number of allylic oxidation sites excluding steroid dienone is 3. The SMILES string of the molecule is Cc1cc(O)c(C2=CC=C(C3CC[C@@H]4CCN(C)C[C@H]34)NN2)c(OC(F)F)c1. The van der Waals surface area contributed by atoms with E-state index in [1.54, 1.807) is 6.92 Å². The molecular weight excluding hydrogens is 364 g/mol. The van der Waals surface area contributed by atoms with Crippen LogP contribution in [0.2, 0.25) is 0 Å². The third kappa shape index (κ3) is 3.68. The molecule has 28 heavy (non-hydrogen) atoms. The molecular formula is C21H27F2N3O2. The molecule has 3 N–H and O–H groups in total. The van der Waals surface area contributed by atoms with Crippen LogP contribution in [0.25, 0.3) is 5.70 Å². The molecule has 4 rings (SSSR count). The number of piperidine rings is 1. The van der Waals surface area contributed by atoms with Crippen LogP contribution >= 0.6 is 0 Å². The molecule has 152 valence electrons. The summed E-state index contributed by atoms with van der Waals surface area (Å²) in [6.07, 6.45) is 7.49. The molecule has 0 bridgehead atoms. The molecule has 2 heterocycles. The Labute approximate surface area is 164 Å². The van der Waals surface area contributed by atoms with E-state index >= 15 is 0 Å². The lowest BCUT2D eigenvalue weighted by Gasteiger charge is -2.36. The number of nitrogens with one attached hydrogen (secondary N) is 2. The molecule has 1 saturated heterocycles. The zero-order valence-electron chi connectivity index (χ0n) is 16.2. The molecule has 3 aliphatic rings. The Morgan fingerprint density at radius 2 is 2.00 bits per heavy atom. The molecule has 0 amide bonds. The molecule has 7 heteroatoms. The van der Waals surface area contributed by atoms with E-state index < -0.39 is 6.61 Å². The number of ether oxygens (including phenoxy) is 1. The second-order valence-corrected chi connectivity index (χ2v) is 8.15. The van der Waals surface area contributed by atoms with Gasteiger partial charge in [-0.1, -0.05) is 0 Å². The number of phenolic OH excluding ortho intramolecular Hbond substituents is 1. The van der Waals surface area contributed by atoms with Crippen molar-refractivity contribution in [3.05, 3.63) is 41.1 Å². The van der Waals surface area contributed by atoms with Crippen molar-refractivity contribution in [1.82, 2.24) is 15.8 Å². The highest BCUT2D eigenvalue weighted by Gasteiger charge is 2.41. The van der Waals surface area contributed by atoms with Gasteiger partial charge in [0.25, 0.3) is 0 Å². The Balaban J connectivity index is 1.59. The van der Waals surface area contributed by atoms with Gasteiger partial charge in [0.15, 0.2) is 0 Å². The van der Waals surface area contributed by atoms with Crippen molar-refractivity contribution in [3.8, 4) is 11.5 Å². The number of nitrogens with zero attached hydrogens (tertiary/aromatic N) is 1. The quantitative estimate of drug-likeness (QED) is 0.732. The van der Waals surface area contributed by atoms with E-state index in [1.165, 1.54) is 31.5 Å². The molecule has 1 aliphatic carbocycles. The van der Waals surface area contributed by atoms with Crippen molar-refractivity contribution in [2.45, 2.75) is 32.8 Å². The Hall–Kier alpha value is -2.28. The Kier molecular flexibility index (Phi) is 5.19. The van der Waals surface area contributed by atoms with Crippen LogP contribution < -0.4 is 15.6 Å². The van der Waals surface area contributed by atoms with Crippen molar-refractivity contribution in [2.75, 3.05) is 20.1 Å². The van der Waals surface area contributed by atoms with Gasteiger partial charge >= 0.3 is 6.61 Å². The lowest BCUT2D eigenvalue weighted by atomic mass is 9.82. The minimum absolute atomic E-state index is 0.0419. The number of benzene rings is 1. The van der Waals surface area contributed by atoms with Crippen LogP contribution in [0.1, 0.15) is 30.4 Å². The Morgan fingerprint density at radius 3 is 2.71 bits per heavy atom. The van der Waals surface area contributed by atoms with Crippen molar-refractivity contribution >= 4 is 5.70 Å². The number of hydrogen-bond acceptors (Lipinski definition) is 5. The van der Waals surface area contributed by atoms with Crippen LogP contribution in [-0.4, -0.2) is 36.8 Å². The lowest BCUT2D eigenvalue weighted by Crippen LogP contribution is -2.42. The van der Waals surface area contributed by atoms with Crippen molar-refractivity contribution in [1.29, 1.82) is 0 Å². The molecule has 3 atom stereocenters. The number of aromatic hydroxyl groups is 1. The van der Waals surface area contributed by atoms with Crippen LogP contribution in [0.4, 0.5) is 8.78 Å². The third-order valence-electron chi connectivity index (χ3n) is 6.26. The maximum absolute atomic E-state index is 12.8. The topological polar surface area (TPSA) is 56.8 Å². The molecule has 1 aromatic rings. The standard InChI is InChI=1S/C21H27F2N3O2/c1-12-9-18(27)20(19(10-12)28-21(22)23)17-6-5-16(24-25-17)14-4-3-13-7-8-26(2)11-15(13)14/h5-6,9-10,13-15,21,24-25,27H,3-4,7-8,11H2,1-2H3/t13-,14?,15+/m1/s1. The van der Waals surface area contributed by atoms with Crippen LogP contribution in [0.5, 0.6) is 11.5 Å². The number of likely N-dealkylation sites (tertiary alicyclic amines) is 1. The number of fused-ring (bicyclic) bond motifs is 1. The first-order valence-corrected chi connectivity index (χ1v) is 9.83. The summed E-state index contributed by atoms with van der Waals surface area (Å²) in [7, 11) is 2.18. The van der Waals surface area contributed by atoms with Crippen LogP contribution in [0, 0.1) is 24.7 Å². The summed E-state index contributed by atoms with van der Waals surface area (Å²) in [5, 5.41) is 10.3. The summed E-state index contributed by atoms with van der Waals surface area (Å²) >= 11 is 0.